The molecule has 8 nitrogen and oxygen atoms in total. The van der Waals surface area contributed by atoms with Gasteiger partial charge in [-0.25, -0.2) is 9.78 Å². The number of carbonyl (C=O) groups excluding carboxylic acids is 3. The first kappa shape index (κ1) is 22.6. The second-order valence-electron chi connectivity index (χ2n) is 9.04. The van der Waals surface area contributed by atoms with Crippen molar-refractivity contribution in [1.82, 2.24) is 4.98 Å². The molecule has 1 aromatic carbocycles. The van der Waals surface area contributed by atoms with Gasteiger partial charge in [0, 0.05) is 0 Å². The SMILES string of the molecule is COC(=O)c1sc(N2C(=O)C3=C(C(=O)C4CC(C)CCC4O3)C2c2cccc(OC)c2)nc1C. The van der Waals surface area contributed by atoms with E-state index in [-0.39, 0.29) is 23.6 Å². The van der Waals surface area contributed by atoms with E-state index in [4.69, 9.17) is 14.2 Å². The maximum atomic E-state index is 13.8. The molecule has 4 unspecified atom stereocenters. The minimum Gasteiger partial charge on any atom is -0.497 e. The number of fused-ring (bicyclic) bond motifs is 1. The summed E-state index contributed by atoms with van der Waals surface area (Å²) >= 11 is 1.07. The van der Waals surface area contributed by atoms with Crippen LogP contribution in [0.15, 0.2) is 35.6 Å². The van der Waals surface area contributed by atoms with Crippen LogP contribution < -0.4 is 9.64 Å². The lowest BCUT2D eigenvalue weighted by molar-refractivity contribution is -0.132. The number of methoxy groups -OCH3 is 2. The minimum atomic E-state index is -0.723. The summed E-state index contributed by atoms with van der Waals surface area (Å²) in [5.74, 6) is -0.119. The molecule has 2 aromatic rings. The summed E-state index contributed by atoms with van der Waals surface area (Å²) in [6, 6.07) is 6.57. The van der Waals surface area contributed by atoms with E-state index >= 15 is 0 Å². The largest absolute Gasteiger partial charge is 0.497 e. The molecule has 0 saturated heterocycles. The van der Waals surface area contributed by atoms with Crippen LogP contribution in [0.25, 0.3) is 0 Å². The predicted octanol–water partition coefficient (Wildman–Crippen LogP) is 3.99. The third-order valence-corrected chi connectivity index (χ3v) is 8.02. The van der Waals surface area contributed by atoms with Gasteiger partial charge in [0.05, 0.1) is 37.4 Å². The fourth-order valence-corrected chi connectivity index (χ4v) is 6.18. The molecule has 34 heavy (non-hydrogen) atoms. The Morgan fingerprint density at radius 3 is 2.76 bits per heavy atom. The van der Waals surface area contributed by atoms with Gasteiger partial charge in [-0.2, -0.15) is 0 Å². The van der Waals surface area contributed by atoms with Crippen LogP contribution in [0, 0.1) is 18.8 Å². The Balaban J connectivity index is 1.65. The van der Waals surface area contributed by atoms with Crippen LogP contribution in [0.4, 0.5) is 5.13 Å². The summed E-state index contributed by atoms with van der Waals surface area (Å²) < 4.78 is 16.5. The molecule has 2 aliphatic heterocycles. The zero-order chi connectivity index (χ0) is 24.1. The molecule has 1 fully saturated rings. The van der Waals surface area contributed by atoms with Crippen LogP contribution in [0.3, 0.4) is 0 Å². The van der Waals surface area contributed by atoms with Gasteiger partial charge >= 0.3 is 5.97 Å². The van der Waals surface area contributed by atoms with Gasteiger partial charge in [0.15, 0.2) is 16.7 Å². The molecule has 1 aliphatic carbocycles. The number of ketones is 1. The number of rotatable bonds is 4. The number of ether oxygens (including phenoxy) is 3. The average molecular weight is 483 g/mol. The Morgan fingerprint density at radius 1 is 1.24 bits per heavy atom. The number of hydrogen-bond donors (Lipinski definition) is 0. The number of benzene rings is 1. The molecular formula is C25H26N2O6S. The van der Waals surface area contributed by atoms with Crippen LogP contribution >= 0.6 is 11.3 Å². The Morgan fingerprint density at radius 2 is 2.03 bits per heavy atom. The number of esters is 1. The second kappa shape index (κ2) is 8.54. The fourth-order valence-electron chi connectivity index (χ4n) is 5.17. The van der Waals surface area contributed by atoms with Crippen molar-refractivity contribution in [2.45, 2.75) is 45.3 Å². The summed E-state index contributed by atoms with van der Waals surface area (Å²) in [6.45, 7) is 3.84. The lowest BCUT2D eigenvalue weighted by Crippen LogP contribution is -2.41. The summed E-state index contributed by atoms with van der Waals surface area (Å²) in [7, 11) is 2.87. The molecule has 0 N–H and O–H groups in total. The van der Waals surface area contributed by atoms with E-state index in [0.29, 0.717) is 38.5 Å². The van der Waals surface area contributed by atoms with E-state index in [2.05, 4.69) is 11.9 Å². The molecule has 178 valence electrons. The van der Waals surface area contributed by atoms with Crippen molar-refractivity contribution in [3.8, 4) is 5.75 Å². The molecule has 3 aliphatic rings. The molecule has 0 spiro atoms. The second-order valence-corrected chi connectivity index (χ2v) is 10.0. The molecule has 0 bridgehead atoms. The molecule has 3 heterocycles. The van der Waals surface area contributed by atoms with Crippen molar-refractivity contribution in [3.05, 3.63) is 51.7 Å². The molecule has 0 radical (unpaired) electrons. The Hall–Kier alpha value is -3.20. The van der Waals surface area contributed by atoms with Crippen molar-refractivity contribution in [2.24, 2.45) is 11.8 Å². The van der Waals surface area contributed by atoms with Gasteiger partial charge in [0.25, 0.3) is 5.91 Å². The normalized spacial score (nSPS) is 26.2. The number of aromatic nitrogens is 1. The maximum absolute atomic E-state index is 13.8. The molecule has 1 aromatic heterocycles. The zero-order valence-electron chi connectivity index (χ0n) is 19.5. The monoisotopic (exact) mass is 482 g/mol. The Labute approximate surface area is 201 Å². The predicted molar refractivity (Wildman–Crippen MR) is 125 cm³/mol. The highest BCUT2D eigenvalue weighted by atomic mass is 32.1. The van der Waals surface area contributed by atoms with Crippen molar-refractivity contribution in [1.29, 1.82) is 0 Å². The van der Waals surface area contributed by atoms with E-state index in [0.717, 1.165) is 30.6 Å². The molecule has 5 rings (SSSR count). The highest BCUT2D eigenvalue weighted by Crippen LogP contribution is 2.50. The summed E-state index contributed by atoms with van der Waals surface area (Å²) in [4.78, 5) is 46.1. The number of amides is 1. The lowest BCUT2D eigenvalue weighted by Gasteiger charge is -2.37. The van der Waals surface area contributed by atoms with Crippen LogP contribution in [-0.2, 0) is 19.1 Å². The highest BCUT2D eigenvalue weighted by Gasteiger charge is 2.53. The first-order chi connectivity index (χ1) is 16.3. The molecule has 1 amide bonds. The standard InChI is InChI=1S/C25H26N2O6S/c1-12-8-9-17-16(10-12)20(28)18-19(14-6-5-7-15(11-14)31-3)27(23(29)21(18)33-17)25-26-13(2)22(34-25)24(30)32-4/h5-7,11-12,16-17,19H,8-10H2,1-4H3. The summed E-state index contributed by atoms with van der Waals surface area (Å²) in [6.07, 6.45) is 2.15. The number of thiazole rings is 1. The van der Waals surface area contributed by atoms with Crippen LogP contribution in [0.2, 0.25) is 0 Å². The Bertz CT molecular complexity index is 1220. The molecule has 1 saturated carbocycles. The van der Waals surface area contributed by atoms with E-state index in [1.54, 1.807) is 20.1 Å². The molecule has 4 atom stereocenters. The van der Waals surface area contributed by atoms with Gasteiger partial charge in [-0.1, -0.05) is 30.4 Å². The molecular weight excluding hydrogens is 456 g/mol. The number of hydrogen-bond acceptors (Lipinski definition) is 8. The van der Waals surface area contributed by atoms with E-state index in [1.165, 1.54) is 12.0 Å². The third-order valence-electron chi connectivity index (χ3n) is 6.88. The number of carbonyl (C=O) groups is 3. The maximum Gasteiger partial charge on any atom is 0.350 e. The minimum absolute atomic E-state index is 0.0389. The zero-order valence-corrected chi connectivity index (χ0v) is 20.3. The van der Waals surface area contributed by atoms with Crippen LogP contribution in [0.1, 0.15) is 53.2 Å². The fraction of sp³-hybridized carbons (Fsp3) is 0.440. The van der Waals surface area contributed by atoms with Crippen LogP contribution in [0.5, 0.6) is 5.75 Å². The van der Waals surface area contributed by atoms with Gasteiger partial charge in [0.1, 0.15) is 16.7 Å². The van der Waals surface area contributed by atoms with E-state index < -0.39 is 17.9 Å². The quantitative estimate of drug-likeness (QED) is 0.608. The van der Waals surface area contributed by atoms with Crippen molar-refractivity contribution < 1.29 is 28.6 Å². The van der Waals surface area contributed by atoms with Gasteiger partial charge in [-0.15, -0.1) is 0 Å². The highest BCUT2D eigenvalue weighted by molar-refractivity contribution is 7.17. The summed E-state index contributed by atoms with van der Waals surface area (Å²) in [5.41, 5.74) is 1.54. The number of anilines is 1. The smallest absolute Gasteiger partial charge is 0.350 e. The van der Waals surface area contributed by atoms with Gasteiger partial charge in [-0.05, 0) is 49.8 Å². The van der Waals surface area contributed by atoms with Crippen molar-refractivity contribution >= 4 is 34.1 Å². The van der Waals surface area contributed by atoms with Crippen LogP contribution in [-0.4, -0.2) is 43.0 Å². The van der Waals surface area contributed by atoms with Gasteiger partial charge in [-0.3, -0.25) is 14.5 Å². The van der Waals surface area contributed by atoms with Gasteiger partial charge < -0.3 is 14.2 Å². The number of aryl methyl sites for hydroxylation is 1. The summed E-state index contributed by atoms with van der Waals surface area (Å²) in [5, 5.41) is 0.317. The first-order valence-corrected chi connectivity index (χ1v) is 12.1. The van der Waals surface area contributed by atoms with E-state index in [1.807, 2.05) is 18.2 Å². The Kier molecular flexibility index (Phi) is 5.67. The average Bonchev–Trinajstić information content (AvgIpc) is 3.36. The number of nitrogens with zero attached hydrogens (tertiary/aromatic N) is 2. The van der Waals surface area contributed by atoms with Gasteiger partial charge in [0.2, 0.25) is 0 Å². The van der Waals surface area contributed by atoms with Crippen molar-refractivity contribution in [3.63, 3.8) is 0 Å². The molecule has 9 heteroatoms. The van der Waals surface area contributed by atoms with Crippen molar-refractivity contribution in [2.75, 3.05) is 19.1 Å². The third kappa shape index (κ3) is 3.50. The topological polar surface area (TPSA) is 95.0 Å². The lowest BCUT2D eigenvalue weighted by atomic mass is 9.74. The van der Waals surface area contributed by atoms with E-state index in [9.17, 15) is 14.4 Å². The number of Topliss-reactive ketones (excluding diaryl/α,β-unsaturated/α-hetero) is 1. The first-order valence-electron chi connectivity index (χ1n) is 11.3.